The van der Waals surface area contributed by atoms with Crippen LogP contribution < -0.4 is 0 Å². The van der Waals surface area contributed by atoms with E-state index >= 15 is 0 Å². The summed E-state index contributed by atoms with van der Waals surface area (Å²) in [5.41, 5.74) is 2.55. The smallest absolute Gasteiger partial charge is 0.137 e. The molecular weight excluding hydrogens is 204 g/mol. The third kappa shape index (κ3) is 1.74. The summed E-state index contributed by atoms with van der Waals surface area (Å²) < 4.78 is 3.39. The Bertz CT molecular complexity index is 486. The van der Waals surface area contributed by atoms with Crippen molar-refractivity contribution in [1.29, 1.82) is 0 Å². The van der Waals surface area contributed by atoms with Crippen LogP contribution in [0.4, 0.5) is 0 Å². The molecule has 2 aromatic heterocycles. The molecular formula is C11H16N4O. The van der Waals surface area contributed by atoms with Crippen molar-refractivity contribution in [1.82, 2.24) is 19.6 Å². The number of nitrogens with zero attached hydrogens (tertiary/aromatic N) is 4. The van der Waals surface area contributed by atoms with Gasteiger partial charge < -0.3 is 5.11 Å². The van der Waals surface area contributed by atoms with Crippen molar-refractivity contribution >= 4 is 0 Å². The Morgan fingerprint density at radius 1 is 1.31 bits per heavy atom. The van der Waals surface area contributed by atoms with Crippen LogP contribution in [0.25, 0.3) is 0 Å². The predicted octanol–water partition coefficient (Wildman–Crippen LogP) is 0.798. The summed E-state index contributed by atoms with van der Waals surface area (Å²) in [5.74, 6) is 0. The number of aliphatic hydroxyl groups excluding tert-OH is 1. The zero-order valence-electron chi connectivity index (χ0n) is 9.75. The summed E-state index contributed by atoms with van der Waals surface area (Å²) >= 11 is 0. The highest BCUT2D eigenvalue weighted by molar-refractivity contribution is 5.21. The van der Waals surface area contributed by atoms with E-state index < -0.39 is 6.10 Å². The quantitative estimate of drug-likeness (QED) is 0.832. The monoisotopic (exact) mass is 220 g/mol. The van der Waals surface area contributed by atoms with Crippen molar-refractivity contribution < 1.29 is 5.11 Å². The van der Waals surface area contributed by atoms with E-state index in [4.69, 9.17) is 0 Å². The van der Waals surface area contributed by atoms with Crippen LogP contribution in [0.2, 0.25) is 0 Å². The van der Waals surface area contributed by atoms with Crippen LogP contribution >= 0.6 is 0 Å². The van der Waals surface area contributed by atoms with Gasteiger partial charge in [-0.2, -0.15) is 10.2 Å². The first-order chi connectivity index (χ1) is 7.63. The summed E-state index contributed by atoms with van der Waals surface area (Å²) in [6.07, 6.45) is 1.87. The SMILES string of the molecule is CCc1cc(C(O)c2ccnn2C)n(C)n1. The summed E-state index contributed by atoms with van der Waals surface area (Å²) in [5, 5.41) is 18.6. The van der Waals surface area contributed by atoms with Gasteiger partial charge in [-0.15, -0.1) is 0 Å². The molecule has 86 valence electrons. The normalized spacial score (nSPS) is 13.0. The van der Waals surface area contributed by atoms with E-state index in [0.717, 1.165) is 23.5 Å². The molecule has 2 heterocycles. The first-order valence-electron chi connectivity index (χ1n) is 5.32. The minimum absolute atomic E-state index is 0.676. The molecule has 5 nitrogen and oxygen atoms in total. The first kappa shape index (κ1) is 10.9. The predicted molar refractivity (Wildman–Crippen MR) is 59.9 cm³/mol. The van der Waals surface area contributed by atoms with E-state index in [-0.39, 0.29) is 0 Å². The highest BCUT2D eigenvalue weighted by Crippen LogP contribution is 2.21. The molecule has 0 spiro atoms. The van der Waals surface area contributed by atoms with Crippen LogP contribution in [0.1, 0.15) is 30.1 Å². The highest BCUT2D eigenvalue weighted by Gasteiger charge is 2.18. The lowest BCUT2D eigenvalue weighted by Crippen LogP contribution is -2.10. The van der Waals surface area contributed by atoms with E-state index in [1.165, 1.54) is 0 Å². The van der Waals surface area contributed by atoms with Crippen LogP contribution in [-0.4, -0.2) is 24.7 Å². The summed E-state index contributed by atoms with van der Waals surface area (Å²) in [6.45, 7) is 2.04. The van der Waals surface area contributed by atoms with Gasteiger partial charge in [0.2, 0.25) is 0 Å². The van der Waals surface area contributed by atoms with Gasteiger partial charge in [0.1, 0.15) is 6.10 Å². The molecule has 0 amide bonds. The minimum atomic E-state index is -0.676. The molecule has 1 unspecified atom stereocenters. The Morgan fingerprint density at radius 3 is 2.56 bits per heavy atom. The standard InChI is InChI=1S/C11H16N4O/c1-4-8-7-10(15(3)13-8)11(16)9-5-6-12-14(9)2/h5-7,11,16H,4H2,1-3H3. The minimum Gasteiger partial charge on any atom is -0.380 e. The van der Waals surface area contributed by atoms with Crippen molar-refractivity contribution in [2.45, 2.75) is 19.4 Å². The van der Waals surface area contributed by atoms with Crippen molar-refractivity contribution in [3.8, 4) is 0 Å². The Labute approximate surface area is 94.3 Å². The third-order valence-corrected chi connectivity index (χ3v) is 2.75. The van der Waals surface area contributed by atoms with Gasteiger partial charge in [-0.25, -0.2) is 0 Å². The van der Waals surface area contributed by atoms with Gasteiger partial charge in [-0.3, -0.25) is 9.36 Å². The molecule has 0 fully saturated rings. The van der Waals surface area contributed by atoms with Gasteiger partial charge in [0.25, 0.3) is 0 Å². The topological polar surface area (TPSA) is 55.9 Å². The molecule has 2 rings (SSSR count). The number of rotatable bonds is 3. The zero-order valence-corrected chi connectivity index (χ0v) is 9.75. The zero-order chi connectivity index (χ0) is 11.7. The van der Waals surface area contributed by atoms with E-state index in [2.05, 4.69) is 10.2 Å². The average molecular weight is 220 g/mol. The molecule has 2 aromatic rings. The van der Waals surface area contributed by atoms with E-state index in [9.17, 15) is 5.11 Å². The molecule has 16 heavy (non-hydrogen) atoms. The molecule has 1 atom stereocenters. The fourth-order valence-corrected chi connectivity index (χ4v) is 1.78. The number of hydrogen-bond acceptors (Lipinski definition) is 3. The Hall–Kier alpha value is -1.62. The van der Waals surface area contributed by atoms with Gasteiger partial charge >= 0.3 is 0 Å². The lowest BCUT2D eigenvalue weighted by molar-refractivity contribution is 0.199. The summed E-state index contributed by atoms with van der Waals surface area (Å²) in [6, 6.07) is 3.74. The van der Waals surface area contributed by atoms with Gasteiger partial charge in [0, 0.05) is 20.3 Å². The fourth-order valence-electron chi connectivity index (χ4n) is 1.78. The first-order valence-corrected chi connectivity index (χ1v) is 5.32. The molecule has 0 aliphatic heterocycles. The molecule has 0 radical (unpaired) electrons. The Morgan fingerprint density at radius 2 is 2.06 bits per heavy atom. The Balaban J connectivity index is 2.37. The average Bonchev–Trinajstić information content (AvgIpc) is 2.83. The van der Waals surface area contributed by atoms with Gasteiger partial charge in [0.05, 0.1) is 17.1 Å². The fraction of sp³-hybridized carbons (Fsp3) is 0.455. The molecule has 1 N–H and O–H groups in total. The van der Waals surface area contributed by atoms with Crippen LogP contribution in [0.5, 0.6) is 0 Å². The maximum atomic E-state index is 10.2. The molecule has 0 aliphatic rings. The van der Waals surface area contributed by atoms with Gasteiger partial charge in [-0.05, 0) is 18.6 Å². The van der Waals surface area contributed by atoms with E-state index in [0.29, 0.717) is 0 Å². The van der Waals surface area contributed by atoms with E-state index in [1.807, 2.05) is 33.2 Å². The third-order valence-electron chi connectivity index (χ3n) is 2.75. The van der Waals surface area contributed by atoms with Crippen LogP contribution in [0, 0.1) is 0 Å². The van der Waals surface area contributed by atoms with Crippen molar-refractivity contribution in [3.05, 3.63) is 35.4 Å². The molecule has 0 saturated carbocycles. The molecule has 0 aromatic carbocycles. The van der Waals surface area contributed by atoms with Crippen LogP contribution in [0.15, 0.2) is 18.3 Å². The lowest BCUT2D eigenvalue weighted by Gasteiger charge is -2.10. The lowest BCUT2D eigenvalue weighted by atomic mass is 10.1. The maximum Gasteiger partial charge on any atom is 0.137 e. The molecule has 5 heteroatoms. The van der Waals surface area contributed by atoms with Crippen LogP contribution in [0.3, 0.4) is 0 Å². The molecule has 0 bridgehead atoms. The largest absolute Gasteiger partial charge is 0.380 e. The molecule has 0 aliphatic carbocycles. The Kier molecular flexibility index (Phi) is 2.78. The highest BCUT2D eigenvalue weighted by atomic mass is 16.3. The number of hydrogen-bond donors (Lipinski definition) is 1. The second-order valence-electron chi connectivity index (χ2n) is 3.82. The van der Waals surface area contributed by atoms with Crippen molar-refractivity contribution in [2.24, 2.45) is 14.1 Å². The maximum absolute atomic E-state index is 10.2. The van der Waals surface area contributed by atoms with E-state index in [1.54, 1.807) is 15.6 Å². The number of aliphatic hydroxyl groups is 1. The summed E-state index contributed by atoms with van der Waals surface area (Å²) in [7, 11) is 3.66. The van der Waals surface area contributed by atoms with Crippen LogP contribution in [-0.2, 0) is 20.5 Å². The second kappa shape index (κ2) is 4.09. The van der Waals surface area contributed by atoms with Gasteiger partial charge in [-0.1, -0.05) is 6.92 Å². The summed E-state index contributed by atoms with van der Waals surface area (Å²) in [4.78, 5) is 0. The van der Waals surface area contributed by atoms with Crippen molar-refractivity contribution in [2.75, 3.05) is 0 Å². The van der Waals surface area contributed by atoms with Gasteiger partial charge in [0.15, 0.2) is 0 Å². The molecule has 0 saturated heterocycles. The number of aryl methyl sites for hydroxylation is 3. The van der Waals surface area contributed by atoms with Crippen molar-refractivity contribution in [3.63, 3.8) is 0 Å². The second-order valence-corrected chi connectivity index (χ2v) is 3.82. The number of aromatic nitrogens is 4.